The summed E-state index contributed by atoms with van der Waals surface area (Å²) in [5, 5.41) is 10.0. The largest absolute Gasteiger partial charge is 0.493 e. The topological polar surface area (TPSA) is 55.8 Å². The van der Waals surface area contributed by atoms with Crippen LogP contribution in [-0.4, -0.2) is 23.8 Å². The van der Waals surface area contributed by atoms with Gasteiger partial charge in [-0.1, -0.05) is 55.3 Å². The van der Waals surface area contributed by atoms with Crippen molar-refractivity contribution in [3.63, 3.8) is 0 Å². The van der Waals surface area contributed by atoms with E-state index in [4.69, 9.17) is 21.1 Å². The Bertz CT molecular complexity index is 937. The smallest absolute Gasteiger partial charge is 0.307 e. The number of carboxylic acids is 1. The molecule has 4 nitrogen and oxygen atoms in total. The first-order valence-electron chi connectivity index (χ1n) is 11.3. The lowest BCUT2D eigenvalue weighted by molar-refractivity contribution is -0.136. The molecule has 2 aromatic rings. The van der Waals surface area contributed by atoms with Gasteiger partial charge >= 0.3 is 5.97 Å². The molecule has 0 spiro atoms. The third kappa shape index (κ3) is 5.93. The van der Waals surface area contributed by atoms with E-state index in [-0.39, 0.29) is 30.5 Å². The maximum absolute atomic E-state index is 11.3. The summed E-state index contributed by atoms with van der Waals surface area (Å²) >= 11 is 6.09. The van der Waals surface area contributed by atoms with Crippen LogP contribution in [0.1, 0.15) is 68.7 Å². The van der Waals surface area contributed by atoms with Crippen LogP contribution in [0.2, 0.25) is 5.02 Å². The molecule has 0 aromatic heterocycles. The third-order valence-electron chi connectivity index (χ3n) is 6.22. The van der Waals surface area contributed by atoms with Gasteiger partial charge in [0.2, 0.25) is 0 Å². The fraction of sp³-hybridized carbons (Fsp3) is 0.444. The van der Waals surface area contributed by atoms with E-state index in [1.807, 2.05) is 37.3 Å². The van der Waals surface area contributed by atoms with Crippen LogP contribution in [0.4, 0.5) is 0 Å². The van der Waals surface area contributed by atoms with E-state index in [0.29, 0.717) is 6.61 Å². The lowest BCUT2D eigenvalue weighted by Gasteiger charge is -2.42. The molecule has 0 bridgehead atoms. The van der Waals surface area contributed by atoms with Gasteiger partial charge in [0.05, 0.1) is 25.2 Å². The summed E-state index contributed by atoms with van der Waals surface area (Å²) in [6.07, 6.45) is 2.59. The van der Waals surface area contributed by atoms with Gasteiger partial charge in [-0.15, -0.1) is 0 Å². The van der Waals surface area contributed by atoms with Crippen LogP contribution >= 0.6 is 11.6 Å². The molecule has 1 fully saturated rings. The van der Waals surface area contributed by atoms with Crippen molar-refractivity contribution in [2.45, 2.75) is 64.6 Å². The Morgan fingerprint density at radius 1 is 1.25 bits per heavy atom. The summed E-state index contributed by atoms with van der Waals surface area (Å²) in [6, 6.07) is 13.6. The molecule has 4 atom stereocenters. The molecule has 5 heteroatoms. The minimum absolute atomic E-state index is 0.0246. The monoisotopic (exact) mass is 456 g/mol. The molecule has 1 N–H and O–H groups in total. The Labute approximate surface area is 196 Å². The predicted molar refractivity (Wildman–Crippen MR) is 129 cm³/mol. The van der Waals surface area contributed by atoms with Crippen molar-refractivity contribution in [2.24, 2.45) is 5.92 Å². The van der Waals surface area contributed by atoms with Crippen molar-refractivity contribution in [2.75, 3.05) is 6.61 Å². The fourth-order valence-electron chi connectivity index (χ4n) is 4.44. The molecule has 0 saturated carbocycles. The summed E-state index contributed by atoms with van der Waals surface area (Å²) < 4.78 is 12.7. The molecule has 1 aliphatic rings. The highest BCUT2D eigenvalue weighted by Crippen LogP contribution is 2.48. The van der Waals surface area contributed by atoms with Gasteiger partial charge in [0.1, 0.15) is 5.75 Å². The molecule has 1 saturated heterocycles. The highest BCUT2D eigenvalue weighted by atomic mass is 35.5. The second kappa shape index (κ2) is 11.0. The number of carboxylic acid groups (broad SMARTS) is 1. The summed E-state index contributed by atoms with van der Waals surface area (Å²) in [6.45, 7) is 11.1. The first-order chi connectivity index (χ1) is 15.3. The van der Waals surface area contributed by atoms with Crippen molar-refractivity contribution in [3.8, 4) is 5.75 Å². The standard InChI is InChI=1S/C27H33ClO4/c1-5-6-13-31-25-12-7-19(15-26(29)30)14-24(25)27-22(17(2)3)16-23(18(4)32-27)20-8-10-21(28)11-9-20/h7-12,14,18,22-23,27H,2,5-6,13,15-16H2,1,3-4H3,(H,29,30)/t18-,22+,23-,27-/m0/s1. The molecule has 2 aromatic carbocycles. The minimum Gasteiger partial charge on any atom is -0.493 e. The Kier molecular flexibility index (Phi) is 8.38. The maximum atomic E-state index is 11.3. The number of carbonyl (C=O) groups is 1. The SMILES string of the molecule is C=C(C)[C@H]1C[C@H](c2ccc(Cl)cc2)[C@H](C)O[C@@H]1c1cc(CC(=O)O)ccc1OCCCC. The molecular formula is C27H33ClO4. The van der Waals surface area contributed by atoms with E-state index in [9.17, 15) is 9.90 Å². The number of aliphatic carboxylic acids is 1. The van der Waals surface area contributed by atoms with Gasteiger partial charge in [0.25, 0.3) is 0 Å². The van der Waals surface area contributed by atoms with Crippen LogP contribution in [0.15, 0.2) is 54.6 Å². The second-order valence-corrected chi connectivity index (χ2v) is 9.19. The van der Waals surface area contributed by atoms with Gasteiger partial charge in [-0.3, -0.25) is 4.79 Å². The molecule has 0 radical (unpaired) electrons. The summed E-state index contributed by atoms with van der Waals surface area (Å²) in [4.78, 5) is 11.3. The van der Waals surface area contributed by atoms with Crippen molar-refractivity contribution >= 4 is 17.6 Å². The fourth-order valence-corrected chi connectivity index (χ4v) is 4.57. The lowest BCUT2D eigenvalue weighted by Crippen LogP contribution is -2.34. The van der Waals surface area contributed by atoms with Crippen molar-refractivity contribution in [3.05, 3.63) is 76.3 Å². The van der Waals surface area contributed by atoms with Gasteiger partial charge in [-0.25, -0.2) is 0 Å². The van der Waals surface area contributed by atoms with Crippen LogP contribution in [0.3, 0.4) is 0 Å². The Balaban J connectivity index is 1.95. The van der Waals surface area contributed by atoms with Crippen molar-refractivity contribution in [1.82, 2.24) is 0 Å². The highest BCUT2D eigenvalue weighted by molar-refractivity contribution is 6.30. The average Bonchev–Trinajstić information content (AvgIpc) is 2.74. The molecule has 1 heterocycles. The van der Waals surface area contributed by atoms with Gasteiger partial charge in [-0.05, 0) is 62.1 Å². The van der Waals surface area contributed by atoms with E-state index in [2.05, 4.69) is 32.6 Å². The number of rotatable bonds is 9. The van der Waals surface area contributed by atoms with E-state index in [1.54, 1.807) is 0 Å². The molecule has 3 rings (SSSR count). The minimum atomic E-state index is -0.854. The summed E-state index contributed by atoms with van der Waals surface area (Å²) in [5.74, 6) is 0.214. The van der Waals surface area contributed by atoms with Crippen LogP contribution in [0.25, 0.3) is 0 Å². The molecule has 32 heavy (non-hydrogen) atoms. The zero-order valence-corrected chi connectivity index (χ0v) is 19.9. The van der Waals surface area contributed by atoms with Crippen LogP contribution in [0, 0.1) is 5.92 Å². The lowest BCUT2D eigenvalue weighted by atomic mass is 9.75. The van der Waals surface area contributed by atoms with Gasteiger partial charge in [0, 0.05) is 22.4 Å². The Hall–Kier alpha value is -2.30. The highest BCUT2D eigenvalue weighted by Gasteiger charge is 2.39. The molecule has 172 valence electrons. The Morgan fingerprint density at radius 2 is 1.97 bits per heavy atom. The summed E-state index contributed by atoms with van der Waals surface area (Å²) in [7, 11) is 0. The normalized spacial score (nSPS) is 23.0. The van der Waals surface area contributed by atoms with Crippen molar-refractivity contribution < 1.29 is 19.4 Å². The van der Waals surface area contributed by atoms with Gasteiger partial charge in [-0.2, -0.15) is 0 Å². The first kappa shape index (κ1) is 24.3. The third-order valence-corrected chi connectivity index (χ3v) is 6.48. The zero-order valence-electron chi connectivity index (χ0n) is 19.1. The molecule has 0 aliphatic carbocycles. The van der Waals surface area contributed by atoms with Gasteiger partial charge in [0.15, 0.2) is 0 Å². The van der Waals surface area contributed by atoms with Gasteiger partial charge < -0.3 is 14.6 Å². The van der Waals surface area contributed by atoms with E-state index in [1.165, 1.54) is 5.56 Å². The number of benzene rings is 2. The van der Waals surface area contributed by atoms with Crippen LogP contribution in [0.5, 0.6) is 5.75 Å². The van der Waals surface area contributed by atoms with E-state index in [0.717, 1.165) is 46.7 Å². The molecular weight excluding hydrogens is 424 g/mol. The maximum Gasteiger partial charge on any atom is 0.307 e. The number of hydrogen-bond acceptors (Lipinski definition) is 3. The quantitative estimate of drug-likeness (QED) is 0.327. The Morgan fingerprint density at radius 3 is 2.59 bits per heavy atom. The molecule has 1 aliphatic heterocycles. The number of unbranched alkanes of at least 4 members (excludes halogenated alkanes) is 1. The zero-order chi connectivity index (χ0) is 23.3. The number of halogens is 1. The number of hydrogen-bond donors (Lipinski definition) is 1. The van der Waals surface area contributed by atoms with E-state index >= 15 is 0 Å². The average molecular weight is 457 g/mol. The first-order valence-corrected chi connectivity index (χ1v) is 11.7. The van der Waals surface area contributed by atoms with Crippen molar-refractivity contribution in [1.29, 1.82) is 0 Å². The molecule has 0 amide bonds. The number of ether oxygens (including phenoxy) is 2. The molecule has 0 unspecified atom stereocenters. The van der Waals surface area contributed by atoms with E-state index < -0.39 is 5.97 Å². The second-order valence-electron chi connectivity index (χ2n) is 8.75. The predicted octanol–water partition coefficient (Wildman–Crippen LogP) is 6.97. The van der Waals surface area contributed by atoms with Crippen LogP contribution < -0.4 is 4.74 Å². The summed E-state index contributed by atoms with van der Waals surface area (Å²) in [5.41, 5.74) is 3.90. The van der Waals surface area contributed by atoms with Crippen LogP contribution in [-0.2, 0) is 16.0 Å².